The SMILES string of the molecule is CCN(CC)CCCNCC1OCCc2ccccc21. The highest BCUT2D eigenvalue weighted by Gasteiger charge is 2.19. The zero-order chi connectivity index (χ0) is 14.2. The molecule has 1 unspecified atom stereocenters. The van der Waals surface area contributed by atoms with E-state index in [1.165, 1.54) is 24.1 Å². The van der Waals surface area contributed by atoms with Gasteiger partial charge in [-0.2, -0.15) is 0 Å². The van der Waals surface area contributed by atoms with E-state index in [1.807, 2.05) is 0 Å². The minimum atomic E-state index is 0.230. The smallest absolute Gasteiger partial charge is 0.0952 e. The number of rotatable bonds is 8. The summed E-state index contributed by atoms with van der Waals surface area (Å²) >= 11 is 0. The van der Waals surface area contributed by atoms with Gasteiger partial charge in [-0.15, -0.1) is 0 Å². The van der Waals surface area contributed by atoms with Crippen LogP contribution in [0.1, 0.15) is 37.5 Å². The molecule has 0 spiro atoms. The van der Waals surface area contributed by atoms with Crippen LogP contribution in [0.15, 0.2) is 24.3 Å². The fourth-order valence-corrected chi connectivity index (χ4v) is 2.85. The van der Waals surface area contributed by atoms with E-state index in [0.717, 1.165) is 39.2 Å². The van der Waals surface area contributed by atoms with Gasteiger partial charge in [-0.1, -0.05) is 38.1 Å². The van der Waals surface area contributed by atoms with E-state index >= 15 is 0 Å². The van der Waals surface area contributed by atoms with Crippen LogP contribution >= 0.6 is 0 Å². The Bertz CT molecular complexity index is 390. The molecule has 0 amide bonds. The third-order valence-corrected chi connectivity index (χ3v) is 4.14. The Labute approximate surface area is 123 Å². The highest BCUT2D eigenvalue weighted by atomic mass is 16.5. The number of benzene rings is 1. The number of ether oxygens (including phenoxy) is 1. The van der Waals surface area contributed by atoms with Gasteiger partial charge < -0.3 is 15.0 Å². The molecule has 3 nitrogen and oxygen atoms in total. The van der Waals surface area contributed by atoms with Crippen molar-refractivity contribution in [3.8, 4) is 0 Å². The van der Waals surface area contributed by atoms with E-state index < -0.39 is 0 Å². The molecule has 1 N–H and O–H groups in total. The summed E-state index contributed by atoms with van der Waals surface area (Å²) in [4.78, 5) is 2.47. The van der Waals surface area contributed by atoms with Crippen LogP contribution in [0.3, 0.4) is 0 Å². The van der Waals surface area contributed by atoms with E-state index in [-0.39, 0.29) is 6.10 Å². The van der Waals surface area contributed by atoms with Crippen LogP contribution in [0.4, 0.5) is 0 Å². The van der Waals surface area contributed by atoms with Crippen LogP contribution < -0.4 is 5.32 Å². The molecule has 0 radical (unpaired) electrons. The largest absolute Gasteiger partial charge is 0.372 e. The zero-order valence-corrected chi connectivity index (χ0v) is 12.9. The number of fused-ring (bicyclic) bond motifs is 1. The second-order valence-electron chi connectivity index (χ2n) is 5.39. The van der Waals surface area contributed by atoms with Crippen LogP contribution in [0, 0.1) is 0 Å². The summed E-state index contributed by atoms with van der Waals surface area (Å²) in [5.41, 5.74) is 2.82. The Morgan fingerprint density at radius 2 is 2.05 bits per heavy atom. The summed E-state index contributed by atoms with van der Waals surface area (Å²) in [6.45, 7) is 10.8. The molecule has 1 heterocycles. The van der Waals surface area contributed by atoms with Crippen molar-refractivity contribution in [3.05, 3.63) is 35.4 Å². The van der Waals surface area contributed by atoms with Crippen LogP contribution in [-0.4, -0.2) is 44.2 Å². The lowest BCUT2D eigenvalue weighted by atomic mass is 9.97. The number of hydrogen-bond donors (Lipinski definition) is 1. The molecule has 0 aromatic heterocycles. The maximum absolute atomic E-state index is 5.90. The molecule has 20 heavy (non-hydrogen) atoms. The average molecular weight is 276 g/mol. The van der Waals surface area contributed by atoms with Crippen molar-refractivity contribution in [3.63, 3.8) is 0 Å². The first-order valence-electron chi connectivity index (χ1n) is 7.97. The van der Waals surface area contributed by atoms with Gasteiger partial charge in [0.15, 0.2) is 0 Å². The van der Waals surface area contributed by atoms with E-state index in [2.05, 4.69) is 48.3 Å². The number of nitrogens with zero attached hydrogens (tertiary/aromatic N) is 1. The minimum absolute atomic E-state index is 0.230. The Hall–Kier alpha value is -0.900. The van der Waals surface area contributed by atoms with Gasteiger partial charge in [0.05, 0.1) is 12.7 Å². The van der Waals surface area contributed by atoms with Crippen molar-refractivity contribution in [2.75, 3.05) is 39.3 Å². The molecule has 1 atom stereocenters. The third kappa shape index (κ3) is 4.30. The van der Waals surface area contributed by atoms with E-state index in [0.29, 0.717) is 0 Å². The third-order valence-electron chi connectivity index (χ3n) is 4.14. The van der Waals surface area contributed by atoms with Crippen LogP contribution in [0.2, 0.25) is 0 Å². The summed E-state index contributed by atoms with van der Waals surface area (Å²) in [7, 11) is 0. The van der Waals surface area contributed by atoms with Crippen LogP contribution in [0.25, 0.3) is 0 Å². The van der Waals surface area contributed by atoms with Gasteiger partial charge in [0, 0.05) is 6.54 Å². The van der Waals surface area contributed by atoms with Crippen molar-refractivity contribution in [2.45, 2.75) is 32.8 Å². The molecule has 0 bridgehead atoms. The standard InChI is InChI=1S/C17H28N2O/c1-3-19(4-2)12-7-11-18-14-17-16-9-6-5-8-15(16)10-13-20-17/h5-6,8-9,17-18H,3-4,7,10-14H2,1-2H3. The molecule has 1 aromatic rings. The molecule has 0 saturated carbocycles. The summed E-state index contributed by atoms with van der Waals surface area (Å²) in [5.74, 6) is 0. The van der Waals surface area contributed by atoms with Gasteiger partial charge in [0.2, 0.25) is 0 Å². The first kappa shape index (κ1) is 15.5. The lowest BCUT2D eigenvalue weighted by molar-refractivity contribution is 0.0425. The van der Waals surface area contributed by atoms with Gasteiger partial charge >= 0.3 is 0 Å². The quantitative estimate of drug-likeness (QED) is 0.739. The molecule has 2 rings (SSSR count). The molecule has 3 heteroatoms. The molecular formula is C17H28N2O. The highest BCUT2D eigenvalue weighted by molar-refractivity contribution is 5.31. The van der Waals surface area contributed by atoms with E-state index in [4.69, 9.17) is 4.74 Å². The Morgan fingerprint density at radius 3 is 2.85 bits per heavy atom. The van der Waals surface area contributed by atoms with Gasteiger partial charge in [-0.3, -0.25) is 0 Å². The maximum Gasteiger partial charge on any atom is 0.0952 e. The molecule has 0 saturated heterocycles. The lowest BCUT2D eigenvalue weighted by Crippen LogP contribution is -2.30. The van der Waals surface area contributed by atoms with E-state index in [9.17, 15) is 0 Å². The fourth-order valence-electron chi connectivity index (χ4n) is 2.85. The Balaban J connectivity index is 1.70. The monoisotopic (exact) mass is 276 g/mol. The predicted octanol–water partition coefficient (Wildman–Crippen LogP) is 2.62. The van der Waals surface area contributed by atoms with Crippen molar-refractivity contribution < 1.29 is 4.74 Å². The second kappa shape index (κ2) is 8.40. The van der Waals surface area contributed by atoms with Crippen LogP contribution in [-0.2, 0) is 11.2 Å². The number of nitrogens with one attached hydrogen (secondary N) is 1. The number of hydrogen-bond acceptors (Lipinski definition) is 3. The first-order valence-corrected chi connectivity index (χ1v) is 7.97. The average Bonchev–Trinajstić information content (AvgIpc) is 2.51. The summed E-state index contributed by atoms with van der Waals surface area (Å²) in [5, 5.41) is 3.55. The van der Waals surface area contributed by atoms with Crippen molar-refractivity contribution in [2.24, 2.45) is 0 Å². The maximum atomic E-state index is 5.90. The molecule has 1 aliphatic heterocycles. The summed E-state index contributed by atoms with van der Waals surface area (Å²) in [6, 6.07) is 8.67. The molecular weight excluding hydrogens is 248 g/mol. The topological polar surface area (TPSA) is 24.5 Å². The fraction of sp³-hybridized carbons (Fsp3) is 0.647. The Morgan fingerprint density at radius 1 is 1.25 bits per heavy atom. The van der Waals surface area contributed by atoms with Gasteiger partial charge in [0.1, 0.15) is 0 Å². The van der Waals surface area contributed by atoms with E-state index in [1.54, 1.807) is 0 Å². The molecule has 1 aliphatic rings. The lowest BCUT2D eigenvalue weighted by Gasteiger charge is -2.26. The van der Waals surface area contributed by atoms with Crippen molar-refractivity contribution >= 4 is 0 Å². The Kier molecular flexibility index (Phi) is 6.51. The zero-order valence-electron chi connectivity index (χ0n) is 12.9. The molecule has 112 valence electrons. The van der Waals surface area contributed by atoms with Gasteiger partial charge in [-0.05, 0) is 50.1 Å². The molecule has 0 fully saturated rings. The second-order valence-corrected chi connectivity index (χ2v) is 5.39. The molecule has 0 aliphatic carbocycles. The summed E-state index contributed by atoms with van der Waals surface area (Å²) < 4.78 is 5.90. The minimum Gasteiger partial charge on any atom is -0.372 e. The predicted molar refractivity (Wildman–Crippen MR) is 84.1 cm³/mol. The molecule has 1 aromatic carbocycles. The highest BCUT2D eigenvalue weighted by Crippen LogP contribution is 2.26. The van der Waals surface area contributed by atoms with Crippen molar-refractivity contribution in [1.29, 1.82) is 0 Å². The van der Waals surface area contributed by atoms with Gasteiger partial charge in [-0.25, -0.2) is 0 Å². The van der Waals surface area contributed by atoms with Crippen LogP contribution in [0.5, 0.6) is 0 Å². The normalized spacial score (nSPS) is 18.2. The van der Waals surface area contributed by atoms with Gasteiger partial charge in [0.25, 0.3) is 0 Å². The van der Waals surface area contributed by atoms with Crippen molar-refractivity contribution in [1.82, 2.24) is 10.2 Å². The first-order chi connectivity index (χ1) is 9.85. The summed E-state index contributed by atoms with van der Waals surface area (Å²) in [6.07, 6.45) is 2.48.